The number of aliphatic hydroxyl groups is 1. The minimum atomic E-state index is -1.30. The molecule has 11 atom stereocenters. The Bertz CT molecular complexity index is 1210. The molecule has 0 spiro atoms. The molecular formula is C36H56O11. The number of carbonyl (C=O) groups is 5. The molecule has 11 heteroatoms. The Morgan fingerprint density at radius 3 is 1.79 bits per heavy atom. The second-order valence-electron chi connectivity index (χ2n) is 14.5. The van der Waals surface area contributed by atoms with E-state index in [1.165, 1.54) is 13.8 Å². The molecule has 47 heavy (non-hydrogen) atoms. The van der Waals surface area contributed by atoms with Crippen molar-refractivity contribution in [3.63, 3.8) is 0 Å². The van der Waals surface area contributed by atoms with Crippen LogP contribution in [0.1, 0.15) is 114 Å². The van der Waals surface area contributed by atoms with E-state index in [-0.39, 0.29) is 31.6 Å². The van der Waals surface area contributed by atoms with E-state index < -0.39 is 95.1 Å². The fourth-order valence-corrected chi connectivity index (χ4v) is 8.57. The van der Waals surface area contributed by atoms with Crippen LogP contribution in [-0.2, 0) is 47.7 Å². The molecule has 3 rings (SSSR count). The van der Waals surface area contributed by atoms with Gasteiger partial charge in [0.25, 0.3) is 0 Å². The number of rotatable bonds is 12. The van der Waals surface area contributed by atoms with E-state index in [9.17, 15) is 29.1 Å². The van der Waals surface area contributed by atoms with Crippen molar-refractivity contribution in [3.05, 3.63) is 11.6 Å². The van der Waals surface area contributed by atoms with Crippen molar-refractivity contribution in [1.82, 2.24) is 0 Å². The van der Waals surface area contributed by atoms with Gasteiger partial charge >= 0.3 is 29.8 Å². The summed E-state index contributed by atoms with van der Waals surface area (Å²) in [5.41, 5.74) is -1.61. The topological polar surface area (TPSA) is 152 Å². The maximum absolute atomic E-state index is 13.3. The zero-order valence-electron chi connectivity index (χ0n) is 29.8. The highest BCUT2D eigenvalue weighted by Gasteiger charge is 2.74. The molecule has 0 aromatic carbocycles. The van der Waals surface area contributed by atoms with Crippen LogP contribution in [0.4, 0.5) is 0 Å². The third-order valence-corrected chi connectivity index (χ3v) is 10.6. The van der Waals surface area contributed by atoms with Crippen molar-refractivity contribution in [2.75, 3.05) is 0 Å². The Morgan fingerprint density at radius 1 is 0.787 bits per heavy atom. The van der Waals surface area contributed by atoms with Crippen molar-refractivity contribution in [3.8, 4) is 0 Å². The zero-order chi connectivity index (χ0) is 35.4. The first-order chi connectivity index (χ1) is 22.0. The summed E-state index contributed by atoms with van der Waals surface area (Å²) in [5, 5.41) is 11.6. The number of fused-ring (bicyclic) bond motifs is 3. The fraction of sp³-hybridized carbons (Fsp3) is 0.806. The molecule has 0 aromatic heterocycles. The Labute approximate surface area is 279 Å². The summed E-state index contributed by atoms with van der Waals surface area (Å²) >= 11 is 0. The van der Waals surface area contributed by atoms with Crippen molar-refractivity contribution in [2.24, 2.45) is 34.5 Å². The summed E-state index contributed by atoms with van der Waals surface area (Å²) in [6.45, 7) is 17.7. The molecule has 3 aliphatic rings. The summed E-state index contributed by atoms with van der Waals surface area (Å²) in [5.74, 6) is -4.04. The minimum absolute atomic E-state index is 0.110. The lowest BCUT2D eigenvalue weighted by Gasteiger charge is -2.58. The van der Waals surface area contributed by atoms with Crippen LogP contribution in [0.5, 0.6) is 0 Å². The van der Waals surface area contributed by atoms with Crippen LogP contribution in [0.25, 0.3) is 0 Å². The van der Waals surface area contributed by atoms with Gasteiger partial charge in [0.15, 0.2) is 6.10 Å². The number of aliphatic hydroxyl groups excluding tert-OH is 1. The predicted octanol–water partition coefficient (Wildman–Crippen LogP) is 5.24. The SMILES string of the molecule is CCCC(=O)OC1C(C(C)C)C2C3C=C(C)C(O)C(OC(C)=O)C(OC(C)=O)C3(C)CC(OC(=O)CCC)C2(C)C1OC(=O)CCC. The molecule has 266 valence electrons. The minimum Gasteiger partial charge on any atom is -0.462 e. The van der Waals surface area contributed by atoms with E-state index >= 15 is 0 Å². The lowest BCUT2D eigenvalue weighted by molar-refractivity contribution is -0.225. The molecule has 0 bridgehead atoms. The van der Waals surface area contributed by atoms with Gasteiger partial charge in [-0.25, -0.2) is 0 Å². The third kappa shape index (κ3) is 7.70. The zero-order valence-corrected chi connectivity index (χ0v) is 29.8. The molecule has 11 unspecified atom stereocenters. The number of ether oxygens (including phenoxy) is 5. The van der Waals surface area contributed by atoms with Gasteiger partial charge in [0.1, 0.15) is 30.5 Å². The predicted molar refractivity (Wildman–Crippen MR) is 171 cm³/mol. The van der Waals surface area contributed by atoms with Gasteiger partial charge in [-0.3, -0.25) is 24.0 Å². The number of carbonyl (C=O) groups excluding carboxylic acids is 5. The van der Waals surface area contributed by atoms with Gasteiger partial charge in [-0.15, -0.1) is 0 Å². The van der Waals surface area contributed by atoms with Gasteiger partial charge in [-0.05, 0) is 55.9 Å². The molecule has 3 aliphatic carbocycles. The van der Waals surface area contributed by atoms with E-state index in [4.69, 9.17) is 23.7 Å². The van der Waals surface area contributed by atoms with Crippen LogP contribution in [0, 0.1) is 34.5 Å². The van der Waals surface area contributed by atoms with Crippen LogP contribution in [0.2, 0.25) is 0 Å². The quantitative estimate of drug-likeness (QED) is 0.166. The summed E-state index contributed by atoms with van der Waals surface area (Å²) in [4.78, 5) is 64.8. The first kappa shape index (κ1) is 38.5. The summed E-state index contributed by atoms with van der Waals surface area (Å²) in [7, 11) is 0. The lowest BCUT2D eigenvalue weighted by atomic mass is 9.49. The van der Waals surface area contributed by atoms with Gasteiger partial charge in [0.05, 0.1) is 0 Å². The average molecular weight is 665 g/mol. The summed E-state index contributed by atoms with van der Waals surface area (Å²) in [6, 6.07) is 0. The van der Waals surface area contributed by atoms with Gasteiger partial charge in [-0.2, -0.15) is 0 Å². The maximum Gasteiger partial charge on any atom is 0.306 e. The third-order valence-electron chi connectivity index (χ3n) is 10.6. The van der Waals surface area contributed by atoms with Crippen LogP contribution < -0.4 is 0 Å². The average Bonchev–Trinajstić information content (AvgIpc) is 3.17. The molecule has 2 saturated carbocycles. The molecule has 11 nitrogen and oxygen atoms in total. The smallest absolute Gasteiger partial charge is 0.306 e. The highest BCUT2D eigenvalue weighted by atomic mass is 16.6. The summed E-state index contributed by atoms with van der Waals surface area (Å²) in [6.07, 6.45) is -2.16. The molecule has 0 radical (unpaired) electrons. The van der Waals surface area contributed by atoms with Crippen molar-refractivity contribution in [1.29, 1.82) is 0 Å². The highest BCUT2D eigenvalue weighted by molar-refractivity contribution is 5.72. The molecule has 0 amide bonds. The van der Waals surface area contributed by atoms with Crippen LogP contribution in [0.15, 0.2) is 11.6 Å². The fourth-order valence-electron chi connectivity index (χ4n) is 8.57. The number of allylic oxidation sites excluding steroid dienone is 1. The molecule has 0 aromatic rings. The van der Waals surface area contributed by atoms with Crippen molar-refractivity contribution >= 4 is 29.8 Å². The molecule has 1 N–H and O–H groups in total. The first-order valence-corrected chi connectivity index (χ1v) is 17.3. The Morgan fingerprint density at radius 2 is 1.30 bits per heavy atom. The van der Waals surface area contributed by atoms with Gasteiger partial charge < -0.3 is 28.8 Å². The maximum atomic E-state index is 13.3. The molecule has 0 aliphatic heterocycles. The molecular weight excluding hydrogens is 608 g/mol. The van der Waals surface area contributed by atoms with Crippen molar-refractivity contribution < 1.29 is 52.8 Å². The summed E-state index contributed by atoms with van der Waals surface area (Å²) < 4.78 is 30.5. The van der Waals surface area contributed by atoms with Crippen LogP contribution in [-0.4, -0.2) is 71.6 Å². The van der Waals surface area contributed by atoms with E-state index in [2.05, 4.69) is 0 Å². The van der Waals surface area contributed by atoms with Gasteiger partial charge in [-0.1, -0.05) is 54.5 Å². The Kier molecular flexibility index (Phi) is 12.7. The Hall–Kier alpha value is -2.95. The normalized spacial score (nSPS) is 36.3. The molecule has 0 saturated heterocycles. The van der Waals surface area contributed by atoms with E-state index in [0.29, 0.717) is 24.8 Å². The number of esters is 5. The van der Waals surface area contributed by atoms with E-state index in [1.54, 1.807) is 6.92 Å². The Balaban J connectivity index is 2.40. The van der Waals surface area contributed by atoms with Crippen LogP contribution >= 0.6 is 0 Å². The molecule has 2 fully saturated rings. The first-order valence-electron chi connectivity index (χ1n) is 17.3. The number of hydrogen-bond acceptors (Lipinski definition) is 11. The van der Waals surface area contributed by atoms with E-state index in [0.717, 1.165) is 0 Å². The second kappa shape index (κ2) is 15.5. The van der Waals surface area contributed by atoms with Gasteiger partial charge in [0, 0.05) is 49.9 Å². The largest absolute Gasteiger partial charge is 0.462 e. The standard InChI is InChI=1S/C36H56O11/c1-11-14-25(39)45-24-18-35(9)23(17-20(6)30(42)32(43-21(7)37)33(35)44-22(8)38)29-28(19(4)5)31(46-26(40)15-12-2)34(36(24,29)10)47-27(41)16-13-3/h17,19,23-24,28-34,42H,11-16,18H2,1-10H3. The van der Waals surface area contributed by atoms with Gasteiger partial charge in [0.2, 0.25) is 0 Å². The van der Waals surface area contributed by atoms with E-state index in [1.807, 2.05) is 54.5 Å². The highest BCUT2D eigenvalue weighted by Crippen LogP contribution is 2.67. The monoisotopic (exact) mass is 664 g/mol. The van der Waals surface area contributed by atoms with Crippen molar-refractivity contribution in [2.45, 2.75) is 151 Å². The number of hydrogen-bond donors (Lipinski definition) is 1. The second-order valence-corrected chi connectivity index (χ2v) is 14.5. The van der Waals surface area contributed by atoms with Crippen LogP contribution in [0.3, 0.4) is 0 Å². The lowest BCUT2D eigenvalue weighted by Crippen LogP contribution is -2.63. The molecule has 0 heterocycles.